The average Bonchev–Trinajstić information content (AvgIpc) is 3.16. The smallest absolute Gasteiger partial charge is 0.343 e. The molecule has 3 rings (SSSR count). The first-order valence-corrected chi connectivity index (χ1v) is 8.86. The first-order valence-electron chi connectivity index (χ1n) is 8.86. The SMILES string of the molecule is C=CC(=O)N1CC(Nc2c(C(=O)OCOC)cnc3[nH]ccc23)CCC1C. The average molecular weight is 372 g/mol. The van der Waals surface area contributed by atoms with Crippen LogP contribution in [-0.2, 0) is 14.3 Å². The molecule has 1 aliphatic heterocycles. The lowest BCUT2D eigenvalue weighted by Crippen LogP contribution is -2.49. The molecule has 2 N–H and O–H groups in total. The minimum Gasteiger partial charge on any atom is -0.435 e. The van der Waals surface area contributed by atoms with E-state index < -0.39 is 5.97 Å². The molecule has 0 spiro atoms. The number of aromatic amines is 1. The highest BCUT2D eigenvalue weighted by Crippen LogP contribution is 2.29. The van der Waals surface area contributed by atoms with Crippen molar-refractivity contribution in [1.29, 1.82) is 0 Å². The second-order valence-corrected chi connectivity index (χ2v) is 6.59. The Hall–Kier alpha value is -2.87. The van der Waals surface area contributed by atoms with E-state index >= 15 is 0 Å². The number of H-pyrrole nitrogens is 1. The fourth-order valence-corrected chi connectivity index (χ4v) is 3.36. The van der Waals surface area contributed by atoms with Crippen LogP contribution in [0.1, 0.15) is 30.1 Å². The number of methoxy groups -OCH3 is 1. The van der Waals surface area contributed by atoms with Gasteiger partial charge in [-0.2, -0.15) is 0 Å². The van der Waals surface area contributed by atoms with Gasteiger partial charge >= 0.3 is 5.97 Å². The molecular formula is C19H24N4O4. The lowest BCUT2D eigenvalue weighted by Gasteiger charge is -2.38. The zero-order chi connectivity index (χ0) is 19.4. The molecule has 0 aliphatic carbocycles. The minimum atomic E-state index is -0.516. The van der Waals surface area contributed by atoms with Crippen LogP contribution >= 0.6 is 0 Å². The maximum Gasteiger partial charge on any atom is 0.343 e. The molecular weight excluding hydrogens is 348 g/mol. The lowest BCUT2D eigenvalue weighted by atomic mass is 9.98. The molecule has 1 saturated heterocycles. The third kappa shape index (κ3) is 3.95. The van der Waals surface area contributed by atoms with Crippen LogP contribution in [0.2, 0.25) is 0 Å². The van der Waals surface area contributed by atoms with Crippen LogP contribution in [0, 0.1) is 0 Å². The van der Waals surface area contributed by atoms with E-state index in [0.717, 1.165) is 18.2 Å². The lowest BCUT2D eigenvalue weighted by molar-refractivity contribution is -0.129. The Kier molecular flexibility index (Phi) is 5.75. The van der Waals surface area contributed by atoms with Crippen LogP contribution in [0.5, 0.6) is 0 Å². The summed E-state index contributed by atoms with van der Waals surface area (Å²) in [6.07, 6.45) is 6.33. The molecule has 0 radical (unpaired) electrons. The summed E-state index contributed by atoms with van der Waals surface area (Å²) in [4.78, 5) is 33.7. The third-order valence-corrected chi connectivity index (χ3v) is 4.80. The van der Waals surface area contributed by atoms with E-state index in [-0.39, 0.29) is 24.8 Å². The van der Waals surface area contributed by atoms with Gasteiger partial charge in [-0.3, -0.25) is 4.79 Å². The Morgan fingerprint density at radius 3 is 3.04 bits per heavy atom. The molecule has 3 heterocycles. The van der Waals surface area contributed by atoms with Gasteiger partial charge in [0.1, 0.15) is 11.2 Å². The van der Waals surface area contributed by atoms with Crippen LogP contribution in [0.3, 0.4) is 0 Å². The molecule has 27 heavy (non-hydrogen) atoms. The molecule has 0 aromatic carbocycles. The van der Waals surface area contributed by atoms with E-state index in [1.807, 2.05) is 13.0 Å². The summed E-state index contributed by atoms with van der Waals surface area (Å²) in [6, 6.07) is 2.01. The molecule has 8 nitrogen and oxygen atoms in total. The van der Waals surface area contributed by atoms with Gasteiger partial charge in [0.05, 0.1) is 5.69 Å². The van der Waals surface area contributed by atoms with Gasteiger partial charge in [0.25, 0.3) is 0 Å². The minimum absolute atomic E-state index is 0.000393. The van der Waals surface area contributed by atoms with Crippen LogP contribution in [-0.4, -0.2) is 59.3 Å². The normalized spacial score (nSPS) is 19.7. The summed E-state index contributed by atoms with van der Waals surface area (Å²) in [7, 11) is 1.45. The Morgan fingerprint density at radius 2 is 2.30 bits per heavy atom. The Bertz CT molecular complexity index is 847. The maximum absolute atomic E-state index is 12.4. The highest BCUT2D eigenvalue weighted by Gasteiger charge is 2.29. The molecule has 1 aliphatic rings. The van der Waals surface area contributed by atoms with Crippen molar-refractivity contribution in [3.05, 3.63) is 36.7 Å². The Balaban J connectivity index is 1.88. The number of likely N-dealkylation sites (tertiary alicyclic amines) is 1. The monoisotopic (exact) mass is 372 g/mol. The van der Waals surface area contributed by atoms with Crippen LogP contribution in [0.15, 0.2) is 31.1 Å². The number of fused-ring (bicyclic) bond motifs is 1. The molecule has 1 amide bonds. The number of rotatable bonds is 6. The summed E-state index contributed by atoms with van der Waals surface area (Å²) in [6.45, 7) is 6.01. The van der Waals surface area contributed by atoms with E-state index in [9.17, 15) is 9.59 Å². The fourth-order valence-electron chi connectivity index (χ4n) is 3.36. The van der Waals surface area contributed by atoms with Crippen molar-refractivity contribution in [2.45, 2.75) is 31.8 Å². The van der Waals surface area contributed by atoms with Gasteiger partial charge in [-0.15, -0.1) is 0 Å². The Morgan fingerprint density at radius 1 is 1.48 bits per heavy atom. The Labute approximate surface area is 157 Å². The zero-order valence-electron chi connectivity index (χ0n) is 15.5. The molecule has 0 bridgehead atoms. The van der Waals surface area contributed by atoms with Crippen LogP contribution < -0.4 is 5.32 Å². The van der Waals surface area contributed by atoms with Crippen molar-refractivity contribution in [2.75, 3.05) is 25.8 Å². The molecule has 0 saturated carbocycles. The number of nitrogens with zero attached hydrogens (tertiary/aromatic N) is 2. The predicted molar refractivity (Wildman–Crippen MR) is 101 cm³/mol. The molecule has 2 aromatic rings. The van der Waals surface area contributed by atoms with Crippen molar-refractivity contribution in [1.82, 2.24) is 14.9 Å². The summed E-state index contributed by atoms with van der Waals surface area (Å²) < 4.78 is 9.91. The number of carbonyl (C=O) groups excluding carboxylic acids is 2. The number of ether oxygens (including phenoxy) is 2. The first kappa shape index (κ1) is 18.9. The van der Waals surface area contributed by atoms with Crippen molar-refractivity contribution < 1.29 is 19.1 Å². The molecule has 2 aromatic heterocycles. The van der Waals surface area contributed by atoms with Crippen LogP contribution in [0.25, 0.3) is 11.0 Å². The van der Waals surface area contributed by atoms with Crippen molar-refractivity contribution >= 4 is 28.6 Å². The van der Waals surface area contributed by atoms with Gasteiger partial charge < -0.3 is 24.7 Å². The van der Waals surface area contributed by atoms with E-state index in [1.165, 1.54) is 19.4 Å². The van der Waals surface area contributed by atoms with E-state index in [1.54, 1.807) is 11.1 Å². The fraction of sp³-hybridized carbons (Fsp3) is 0.421. The van der Waals surface area contributed by atoms with E-state index in [2.05, 4.69) is 21.9 Å². The van der Waals surface area contributed by atoms with E-state index in [0.29, 0.717) is 23.4 Å². The summed E-state index contributed by atoms with van der Waals surface area (Å²) in [5, 5.41) is 4.23. The number of hydrogen-bond donors (Lipinski definition) is 2. The largest absolute Gasteiger partial charge is 0.435 e. The van der Waals surface area contributed by atoms with Crippen LogP contribution in [0.4, 0.5) is 5.69 Å². The summed E-state index contributed by atoms with van der Waals surface area (Å²) in [5.74, 6) is -0.603. The predicted octanol–water partition coefficient (Wildman–Crippen LogP) is 2.30. The second kappa shape index (κ2) is 8.22. The summed E-state index contributed by atoms with van der Waals surface area (Å²) in [5.41, 5.74) is 1.65. The quantitative estimate of drug-likeness (QED) is 0.459. The molecule has 144 valence electrons. The molecule has 2 atom stereocenters. The number of carbonyl (C=O) groups is 2. The van der Waals surface area contributed by atoms with Gasteiger partial charge in [-0.05, 0) is 31.9 Å². The van der Waals surface area contributed by atoms with E-state index in [4.69, 9.17) is 9.47 Å². The van der Waals surface area contributed by atoms with Gasteiger partial charge in [0.15, 0.2) is 6.79 Å². The number of piperidine rings is 1. The highest BCUT2D eigenvalue weighted by atomic mass is 16.7. The standard InChI is InChI=1S/C19H24N4O4/c1-4-16(24)23-10-13(6-5-12(23)2)22-17-14-7-8-20-18(14)21-9-15(17)19(25)27-11-26-3/h4,7-9,12-13H,1,5-6,10-11H2,2-3H3,(H2,20,21,22). The van der Waals surface area contributed by atoms with Crippen molar-refractivity contribution in [3.63, 3.8) is 0 Å². The summed E-state index contributed by atoms with van der Waals surface area (Å²) >= 11 is 0. The second-order valence-electron chi connectivity index (χ2n) is 6.59. The van der Waals surface area contributed by atoms with Gasteiger partial charge in [0, 0.05) is 43.5 Å². The molecule has 2 unspecified atom stereocenters. The zero-order valence-corrected chi connectivity index (χ0v) is 15.5. The number of amides is 1. The van der Waals surface area contributed by atoms with Crippen molar-refractivity contribution in [2.24, 2.45) is 0 Å². The van der Waals surface area contributed by atoms with Gasteiger partial charge in [-0.1, -0.05) is 6.58 Å². The number of esters is 1. The van der Waals surface area contributed by atoms with Crippen molar-refractivity contribution in [3.8, 4) is 0 Å². The number of anilines is 1. The molecule has 1 fully saturated rings. The third-order valence-electron chi connectivity index (χ3n) is 4.80. The van der Waals surface area contributed by atoms with Gasteiger partial charge in [-0.25, -0.2) is 9.78 Å². The van der Waals surface area contributed by atoms with Gasteiger partial charge in [0.2, 0.25) is 5.91 Å². The molecule has 8 heteroatoms. The number of pyridine rings is 1. The maximum atomic E-state index is 12.4. The first-order chi connectivity index (χ1) is 13.0. The topological polar surface area (TPSA) is 96.6 Å². The highest BCUT2D eigenvalue weighted by molar-refractivity contribution is 6.04. The number of aromatic nitrogens is 2. The number of nitrogens with one attached hydrogen (secondary N) is 2. The number of hydrogen-bond acceptors (Lipinski definition) is 6.